The zero-order valence-corrected chi connectivity index (χ0v) is 10.4. The summed E-state index contributed by atoms with van der Waals surface area (Å²) in [6.45, 7) is 8.28. The van der Waals surface area contributed by atoms with Gasteiger partial charge in [0.05, 0.1) is 0 Å². The van der Waals surface area contributed by atoms with Gasteiger partial charge in [0, 0.05) is 18.1 Å². The van der Waals surface area contributed by atoms with Crippen molar-refractivity contribution in [2.45, 2.75) is 64.6 Å². The van der Waals surface area contributed by atoms with Gasteiger partial charge in [-0.05, 0) is 44.1 Å². The second kappa shape index (κ2) is 4.84. The summed E-state index contributed by atoms with van der Waals surface area (Å²) in [5.41, 5.74) is 0. The Morgan fingerprint density at radius 2 is 1.93 bits per heavy atom. The Morgan fingerprint density at radius 1 is 1.20 bits per heavy atom. The van der Waals surface area contributed by atoms with Crippen molar-refractivity contribution in [3.8, 4) is 0 Å². The van der Waals surface area contributed by atoms with Gasteiger partial charge in [-0.1, -0.05) is 20.8 Å². The highest BCUT2D eigenvalue weighted by Gasteiger charge is 2.32. The van der Waals surface area contributed by atoms with Gasteiger partial charge < -0.3 is 10.6 Å². The molecule has 0 bridgehead atoms. The molecule has 2 N–H and O–H groups in total. The molecule has 2 rings (SSSR count). The standard InChI is InChI=1S/C13H26N2/c1-9(2)13-8-11(15-13)7-10(3)12-5-4-6-14-12/h9-15H,4-8H2,1-3H3. The van der Waals surface area contributed by atoms with Gasteiger partial charge >= 0.3 is 0 Å². The lowest BCUT2D eigenvalue weighted by atomic mass is 9.82. The molecule has 0 radical (unpaired) electrons. The fourth-order valence-electron chi connectivity index (χ4n) is 3.02. The molecule has 4 atom stereocenters. The highest BCUT2D eigenvalue weighted by Crippen LogP contribution is 2.27. The molecule has 0 saturated carbocycles. The van der Waals surface area contributed by atoms with E-state index in [4.69, 9.17) is 0 Å². The summed E-state index contributed by atoms with van der Waals surface area (Å²) in [6, 6.07) is 2.39. The average molecular weight is 210 g/mol. The lowest BCUT2D eigenvalue weighted by Crippen LogP contribution is -2.55. The first-order chi connectivity index (χ1) is 7.16. The highest BCUT2D eigenvalue weighted by molar-refractivity contribution is 4.93. The lowest BCUT2D eigenvalue weighted by molar-refractivity contribution is 0.175. The molecule has 0 aromatic carbocycles. The Kier molecular flexibility index (Phi) is 3.68. The number of nitrogens with one attached hydrogen (secondary N) is 2. The van der Waals surface area contributed by atoms with Crippen LogP contribution in [0.3, 0.4) is 0 Å². The topological polar surface area (TPSA) is 24.1 Å². The predicted molar refractivity (Wildman–Crippen MR) is 65.0 cm³/mol. The van der Waals surface area contributed by atoms with Crippen molar-refractivity contribution in [1.82, 2.24) is 10.6 Å². The number of hydrogen-bond acceptors (Lipinski definition) is 2. The first-order valence-corrected chi connectivity index (χ1v) is 6.66. The van der Waals surface area contributed by atoms with Crippen LogP contribution >= 0.6 is 0 Å². The molecule has 4 unspecified atom stereocenters. The fourth-order valence-corrected chi connectivity index (χ4v) is 3.02. The molecule has 0 aliphatic carbocycles. The Morgan fingerprint density at radius 3 is 2.47 bits per heavy atom. The summed E-state index contributed by atoms with van der Waals surface area (Å²) in [5.74, 6) is 1.65. The Bertz CT molecular complexity index is 191. The van der Waals surface area contributed by atoms with Crippen LogP contribution in [0, 0.1) is 11.8 Å². The molecule has 15 heavy (non-hydrogen) atoms. The smallest absolute Gasteiger partial charge is 0.0107 e. The molecule has 2 fully saturated rings. The van der Waals surface area contributed by atoms with Crippen molar-refractivity contribution in [2.75, 3.05) is 6.54 Å². The molecule has 2 nitrogen and oxygen atoms in total. The summed E-state index contributed by atoms with van der Waals surface area (Å²) in [5, 5.41) is 7.32. The van der Waals surface area contributed by atoms with Crippen LogP contribution in [0.1, 0.15) is 46.5 Å². The third kappa shape index (κ3) is 2.73. The van der Waals surface area contributed by atoms with Crippen LogP contribution in [0.2, 0.25) is 0 Å². The van der Waals surface area contributed by atoms with Gasteiger partial charge in [0.15, 0.2) is 0 Å². The maximum Gasteiger partial charge on any atom is 0.0107 e. The quantitative estimate of drug-likeness (QED) is 0.743. The second-order valence-electron chi connectivity index (χ2n) is 5.87. The van der Waals surface area contributed by atoms with Crippen molar-refractivity contribution in [2.24, 2.45) is 11.8 Å². The molecule has 2 heterocycles. The van der Waals surface area contributed by atoms with E-state index in [1.54, 1.807) is 0 Å². The van der Waals surface area contributed by atoms with Crippen LogP contribution in [0.5, 0.6) is 0 Å². The van der Waals surface area contributed by atoms with Gasteiger partial charge in [-0.25, -0.2) is 0 Å². The minimum absolute atomic E-state index is 0.790. The van der Waals surface area contributed by atoms with Crippen LogP contribution < -0.4 is 10.6 Å². The molecule has 2 aliphatic heterocycles. The first-order valence-electron chi connectivity index (χ1n) is 6.66. The van der Waals surface area contributed by atoms with Gasteiger partial charge in [0.25, 0.3) is 0 Å². The Balaban J connectivity index is 1.66. The maximum absolute atomic E-state index is 3.71. The number of rotatable bonds is 4. The summed E-state index contributed by atoms with van der Waals surface area (Å²) in [6.07, 6.45) is 5.53. The zero-order valence-electron chi connectivity index (χ0n) is 10.4. The van der Waals surface area contributed by atoms with Crippen molar-refractivity contribution in [1.29, 1.82) is 0 Å². The van der Waals surface area contributed by atoms with Gasteiger partial charge in [-0.15, -0.1) is 0 Å². The third-order valence-corrected chi connectivity index (χ3v) is 4.23. The minimum atomic E-state index is 0.790. The van der Waals surface area contributed by atoms with E-state index in [0.717, 1.165) is 30.0 Å². The van der Waals surface area contributed by atoms with Crippen molar-refractivity contribution < 1.29 is 0 Å². The van der Waals surface area contributed by atoms with E-state index < -0.39 is 0 Å². The summed E-state index contributed by atoms with van der Waals surface area (Å²) in [7, 11) is 0. The van der Waals surface area contributed by atoms with Crippen molar-refractivity contribution in [3.63, 3.8) is 0 Å². The van der Waals surface area contributed by atoms with Crippen LogP contribution in [0.25, 0.3) is 0 Å². The molecule has 2 heteroatoms. The predicted octanol–water partition coefficient (Wildman–Crippen LogP) is 2.15. The van der Waals surface area contributed by atoms with Crippen molar-refractivity contribution >= 4 is 0 Å². The Labute approximate surface area is 94.2 Å². The fraction of sp³-hybridized carbons (Fsp3) is 1.00. The minimum Gasteiger partial charge on any atom is -0.314 e. The monoisotopic (exact) mass is 210 g/mol. The number of hydrogen-bond donors (Lipinski definition) is 2. The van der Waals surface area contributed by atoms with E-state index in [-0.39, 0.29) is 0 Å². The summed E-state index contributed by atoms with van der Waals surface area (Å²) >= 11 is 0. The normalized spacial score (nSPS) is 38.0. The SMILES string of the molecule is CC(C)C1CC(CC(C)C2CCCN2)N1. The lowest BCUT2D eigenvalue weighted by Gasteiger charge is -2.42. The van der Waals surface area contributed by atoms with Gasteiger partial charge in [-0.2, -0.15) is 0 Å². The molecule has 88 valence electrons. The average Bonchev–Trinajstić information content (AvgIpc) is 2.61. The first kappa shape index (κ1) is 11.4. The molecule has 0 spiro atoms. The van der Waals surface area contributed by atoms with E-state index in [1.807, 2.05) is 0 Å². The third-order valence-electron chi connectivity index (χ3n) is 4.23. The van der Waals surface area contributed by atoms with Crippen LogP contribution in [-0.4, -0.2) is 24.7 Å². The molecular weight excluding hydrogens is 184 g/mol. The molecular formula is C13H26N2. The Hall–Kier alpha value is -0.0800. The highest BCUT2D eigenvalue weighted by atomic mass is 15.0. The van der Waals surface area contributed by atoms with Crippen molar-refractivity contribution in [3.05, 3.63) is 0 Å². The summed E-state index contributed by atoms with van der Waals surface area (Å²) < 4.78 is 0. The van der Waals surface area contributed by atoms with E-state index >= 15 is 0 Å². The van der Waals surface area contributed by atoms with Crippen LogP contribution in [-0.2, 0) is 0 Å². The van der Waals surface area contributed by atoms with Gasteiger partial charge in [0.2, 0.25) is 0 Å². The molecule has 2 saturated heterocycles. The largest absolute Gasteiger partial charge is 0.314 e. The zero-order chi connectivity index (χ0) is 10.8. The van der Waals surface area contributed by atoms with E-state index in [2.05, 4.69) is 31.4 Å². The molecule has 0 amide bonds. The maximum atomic E-state index is 3.71. The van der Waals surface area contributed by atoms with Gasteiger partial charge in [-0.3, -0.25) is 0 Å². The molecule has 0 aromatic rings. The second-order valence-corrected chi connectivity index (χ2v) is 5.87. The van der Waals surface area contributed by atoms with E-state index in [0.29, 0.717) is 0 Å². The van der Waals surface area contributed by atoms with Crippen LogP contribution in [0.4, 0.5) is 0 Å². The molecule has 0 aromatic heterocycles. The van der Waals surface area contributed by atoms with E-state index in [9.17, 15) is 0 Å². The molecule has 2 aliphatic rings. The summed E-state index contributed by atoms with van der Waals surface area (Å²) in [4.78, 5) is 0. The van der Waals surface area contributed by atoms with Crippen LogP contribution in [0.15, 0.2) is 0 Å². The van der Waals surface area contributed by atoms with E-state index in [1.165, 1.54) is 32.2 Å². The van der Waals surface area contributed by atoms with Gasteiger partial charge in [0.1, 0.15) is 0 Å².